The van der Waals surface area contributed by atoms with Gasteiger partial charge in [-0.1, -0.05) is 12.1 Å². The number of anilines is 1. The third-order valence-corrected chi connectivity index (χ3v) is 4.72. The summed E-state index contributed by atoms with van der Waals surface area (Å²) >= 11 is 0. The van der Waals surface area contributed by atoms with Crippen LogP contribution in [0.25, 0.3) is 0 Å². The number of hydrogen-bond donors (Lipinski definition) is 1. The molecule has 79 valence electrons. The highest BCUT2D eigenvalue weighted by Crippen LogP contribution is 2.08. The van der Waals surface area contributed by atoms with Gasteiger partial charge in [0.2, 0.25) is 0 Å². The minimum absolute atomic E-state index is 0.708. The Balaban J connectivity index is 3.05. The van der Waals surface area contributed by atoms with Crippen LogP contribution in [-0.4, -0.2) is 30.1 Å². The van der Waals surface area contributed by atoms with E-state index in [-0.39, 0.29) is 0 Å². The zero-order valence-corrected chi connectivity index (χ0v) is 9.61. The smallest absolute Gasteiger partial charge is 0.313 e. The number of benzene rings is 1. The normalized spacial score (nSPS) is 11.6. The van der Waals surface area contributed by atoms with Crippen molar-refractivity contribution in [3.63, 3.8) is 0 Å². The molecule has 0 radical (unpaired) electrons. The fraction of sp³-hybridized carbons (Fsp3) is 0.333. The highest BCUT2D eigenvalue weighted by Gasteiger charge is 2.24. The van der Waals surface area contributed by atoms with Gasteiger partial charge in [-0.05, 0) is 33.5 Å². The Morgan fingerprint density at radius 1 is 0.929 bits per heavy atom. The molecule has 2 N–H and O–H groups in total. The molecular formula is C9H15NO3Si-. The van der Waals surface area contributed by atoms with Gasteiger partial charge in [0.15, 0.2) is 0 Å². The van der Waals surface area contributed by atoms with Gasteiger partial charge < -0.3 is 19.0 Å². The van der Waals surface area contributed by atoms with Gasteiger partial charge in [0.05, 0.1) is 0 Å². The van der Waals surface area contributed by atoms with Gasteiger partial charge in [-0.25, -0.2) is 0 Å². The standard InChI is InChI=1S/C9H15NO3Si/c1-11-14(12-2,13-3)9-6-4-8(10)5-7-9/h4-7H,10H2,1-3H3/q-1. The molecular weight excluding hydrogens is 198 g/mol. The van der Waals surface area contributed by atoms with E-state index in [0.29, 0.717) is 5.69 Å². The van der Waals surface area contributed by atoms with E-state index >= 15 is 0 Å². The lowest BCUT2D eigenvalue weighted by Gasteiger charge is -2.39. The first-order valence-corrected chi connectivity index (χ1v) is 5.92. The van der Waals surface area contributed by atoms with Crippen molar-refractivity contribution in [1.82, 2.24) is 0 Å². The molecule has 0 aliphatic rings. The van der Waals surface area contributed by atoms with Crippen LogP contribution < -0.4 is 10.9 Å². The van der Waals surface area contributed by atoms with E-state index in [2.05, 4.69) is 0 Å². The molecule has 1 aromatic carbocycles. The van der Waals surface area contributed by atoms with Gasteiger partial charge in [-0.3, -0.25) is 0 Å². The van der Waals surface area contributed by atoms with E-state index in [1.54, 1.807) is 33.5 Å². The largest absolute Gasteiger partial charge is 0.523 e. The van der Waals surface area contributed by atoms with Crippen molar-refractivity contribution in [1.29, 1.82) is 0 Å². The third kappa shape index (κ3) is 1.96. The maximum atomic E-state index is 5.59. The molecule has 0 saturated carbocycles. The van der Waals surface area contributed by atoms with Gasteiger partial charge in [0, 0.05) is 5.69 Å². The molecule has 0 saturated heterocycles. The molecule has 0 heterocycles. The third-order valence-electron chi connectivity index (χ3n) is 2.07. The Bertz CT molecular complexity index is 276. The molecule has 14 heavy (non-hydrogen) atoms. The predicted molar refractivity (Wildman–Crippen MR) is 57.3 cm³/mol. The van der Waals surface area contributed by atoms with E-state index in [9.17, 15) is 0 Å². The molecule has 0 aliphatic heterocycles. The van der Waals surface area contributed by atoms with E-state index < -0.39 is 8.80 Å². The summed E-state index contributed by atoms with van der Waals surface area (Å²) in [5.41, 5.74) is 6.30. The van der Waals surface area contributed by atoms with Gasteiger partial charge in [0.1, 0.15) is 0 Å². The Morgan fingerprint density at radius 3 is 1.71 bits per heavy atom. The van der Waals surface area contributed by atoms with Crippen LogP contribution >= 0.6 is 0 Å². The highest BCUT2D eigenvalue weighted by molar-refractivity contribution is 6.75. The number of rotatable bonds is 4. The van der Waals surface area contributed by atoms with Crippen LogP contribution in [-0.2, 0) is 13.3 Å². The minimum atomic E-state index is -2.67. The van der Waals surface area contributed by atoms with Crippen LogP contribution in [0.2, 0.25) is 0 Å². The predicted octanol–water partition coefficient (Wildman–Crippen LogP) is 0.354. The second kappa shape index (κ2) is 4.56. The zero-order valence-electron chi connectivity index (χ0n) is 8.61. The van der Waals surface area contributed by atoms with E-state index in [1.165, 1.54) is 0 Å². The fourth-order valence-electron chi connectivity index (χ4n) is 1.29. The summed E-state index contributed by atoms with van der Waals surface area (Å²) in [4.78, 5) is 0. The number of hydrogen-bond acceptors (Lipinski definition) is 4. The molecule has 0 aromatic heterocycles. The summed E-state index contributed by atoms with van der Waals surface area (Å²) in [5.74, 6) is 0. The Kier molecular flexibility index (Phi) is 3.65. The van der Waals surface area contributed by atoms with E-state index in [0.717, 1.165) is 5.19 Å². The maximum absolute atomic E-state index is 5.59. The monoisotopic (exact) mass is 213 g/mol. The summed E-state index contributed by atoms with van der Waals surface area (Å²) in [6.07, 6.45) is 0. The van der Waals surface area contributed by atoms with Crippen LogP contribution in [0.3, 0.4) is 0 Å². The molecule has 5 heteroatoms. The molecule has 0 aliphatic carbocycles. The van der Waals surface area contributed by atoms with Crippen LogP contribution in [0.4, 0.5) is 5.69 Å². The molecule has 0 unspecified atom stereocenters. The number of nitrogen functional groups attached to an aromatic ring is 1. The molecule has 0 bridgehead atoms. The minimum Gasteiger partial charge on any atom is -0.523 e. The summed E-state index contributed by atoms with van der Waals surface area (Å²) in [7, 11) is 2.06. The average Bonchev–Trinajstić information content (AvgIpc) is 2.24. The van der Waals surface area contributed by atoms with E-state index in [1.807, 2.05) is 12.1 Å². The van der Waals surface area contributed by atoms with E-state index in [4.69, 9.17) is 19.0 Å². The maximum Gasteiger partial charge on any atom is 0.313 e. The van der Waals surface area contributed by atoms with Gasteiger partial charge in [-0.2, -0.15) is 0 Å². The molecule has 1 rings (SSSR count). The lowest BCUT2D eigenvalue weighted by molar-refractivity contribution is 0.140. The van der Waals surface area contributed by atoms with Crippen molar-refractivity contribution < 1.29 is 13.3 Å². The second-order valence-electron chi connectivity index (χ2n) is 2.79. The Hall–Kier alpha value is -0.883. The first kappa shape index (κ1) is 11.2. The Labute approximate surface area is 85.0 Å². The summed E-state index contributed by atoms with van der Waals surface area (Å²) in [6, 6.07) is 7.32. The second-order valence-corrected chi connectivity index (χ2v) is 5.71. The van der Waals surface area contributed by atoms with Crippen molar-refractivity contribution in [3.05, 3.63) is 24.3 Å². The number of nitrogens with two attached hydrogens (primary N) is 1. The Morgan fingerprint density at radius 2 is 1.36 bits per heavy atom. The van der Waals surface area contributed by atoms with Crippen LogP contribution in [0.5, 0.6) is 0 Å². The van der Waals surface area contributed by atoms with Gasteiger partial charge in [-0.15, -0.1) is 5.19 Å². The summed E-state index contributed by atoms with van der Waals surface area (Å²) in [6.45, 7) is 0. The first-order valence-electron chi connectivity index (χ1n) is 4.20. The van der Waals surface area contributed by atoms with Crippen molar-refractivity contribution in [2.75, 3.05) is 27.1 Å². The molecule has 4 nitrogen and oxygen atoms in total. The van der Waals surface area contributed by atoms with Crippen molar-refractivity contribution in [2.24, 2.45) is 0 Å². The molecule has 0 atom stereocenters. The molecule has 0 amide bonds. The summed E-state index contributed by atoms with van der Waals surface area (Å²) in [5, 5.41) is 0.902. The quantitative estimate of drug-likeness (QED) is 0.579. The lowest BCUT2D eigenvalue weighted by atomic mass is 10.3. The average molecular weight is 213 g/mol. The molecule has 1 aromatic rings. The first-order chi connectivity index (χ1) is 6.68. The molecule has 0 fully saturated rings. The topological polar surface area (TPSA) is 53.7 Å². The fourth-order valence-corrected chi connectivity index (χ4v) is 3.07. The molecule has 0 spiro atoms. The van der Waals surface area contributed by atoms with Crippen LogP contribution in [0, 0.1) is 0 Å². The van der Waals surface area contributed by atoms with Crippen LogP contribution in [0.15, 0.2) is 24.3 Å². The van der Waals surface area contributed by atoms with Crippen molar-refractivity contribution >= 4 is 19.7 Å². The van der Waals surface area contributed by atoms with Crippen molar-refractivity contribution in [3.8, 4) is 0 Å². The van der Waals surface area contributed by atoms with Crippen molar-refractivity contribution in [2.45, 2.75) is 0 Å². The SMILES string of the molecule is CO[Si-](OC)(OC)c1ccc(N)cc1. The van der Waals surface area contributed by atoms with Gasteiger partial charge >= 0.3 is 8.80 Å². The van der Waals surface area contributed by atoms with Gasteiger partial charge in [0.25, 0.3) is 0 Å². The summed E-state index contributed by atoms with van der Waals surface area (Å²) < 4.78 is 15.9. The van der Waals surface area contributed by atoms with Crippen LogP contribution in [0.1, 0.15) is 0 Å². The highest BCUT2D eigenvalue weighted by atomic mass is 28.4. The zero-order chi connectivity index (χ0) is 10.6. The lowest BCUT2D eigenvalue weighted by Crippen LogP contribution is -2.54.